The van der Waals surface area contributed by atoms with Crippen molar-refractivity contribution in [3.05, 3.63) is 60.2 Å². The van der Waals surface area contributed by atoms with Crippen molar-refractivity contribution in [1.29, 1.82) is 0 Å². The fraction of sp³-hybridized carbons (Fsp3) is 0.400. The largest absolute Gasteiger partial charge is 0.324 e. The molecule has 4 atom stereocenters. The van der Waals surface area contributed by atoms with Crippen LogP contribution in [0.15, 0.2) is 54.6 Å². The second-order valence-corrected chi connectivity index (χ2v) is 6.85. The Kier molecular flexibility index (Phi) is 3.31. The van der Waals surface area contributed by atoms with E-state index in [0.29, 0.717) is 5.92 Å². The van der Waals surface area contributed by atoms with Gasteiger partial charge in [0.25, 0.3) is 0 Å². The predicted molar refractivity (Wildman–Crippen MR) is 87.7 cm³/mol. The van der Waals surface area contributed by atoms with E-state index in [1.54, 1.807) is 0 Å². The van der Waals surface area contributed by atoms with Crippen LogP contribution in [0.1, 0.15) is 37.3 Å². The average molecular weight is 277 g/mol. The molecule has 0 aliphatic heterocycles. The van der Waals surface area contributed by atoms with Gasteiger partial charge in [0.15, 0.2) is 0 Å². The normalized spacial score (nSPS) is 28.7. The van der Waals surface area contributed by atoms with Crippen molar-refractivity contribution >= 4 is 0 Å². The molecule has 2 aliphatic carbocycles. The maximum atomic E-state index is 6.58. The molecule has 2 aromatic carbocycles. The summed E-state index contributed by atoms with van der Waals surface area (Å²) in [6.07, 6.45) is 5.64. The highest BCUT2D eigenvalue weighted by atomic mass is 14.7. The van der Waals surface area contributed by atoms with E-state index >= 15 is 0 Å². The summed E-state index contributed by atoms with van der Waals surface area (Å²) in [5, 5.41) is 0. The van der Waals surface area contributed by atoms with Crippen molar-refractivity contribution in [1.82, 2.24) is 0 Å². The van der Waals surface area contributed by atoms with E-state index in [0.717, 1.165) is 11.8 Å². The van der Waals surface area contributed by atoms with Crippen molar-refractivity contribution in [2.24, 2.45) is 23.5 Å². The van der Waals surface area contributed by atoms with E-state index in [1.807, 2.05) is 0 Å². The molecule has 0 spiro atoms. The highest BCUT2D eigenvalue weighted by Crippen LogP contribution is 2.51. The van der Waals surface area contributed by atoms with Crippen LogP contribution >= 0.6 is 0 Å². The van der Waals surface area contributed by atoms with Crippen LogP contribution in [0.4, 0.5) is 0 Å². The SMILES string of the molecule is NC(c1ccc(-c2ccccc2)cc1)C1CC2CCC1C2. The van der Waals surface area contributed by atoms with E-state index in [2.05, 4.69) is 54.6 Å². The van der Waals surface area contributed by atoms with Crippen LogP contribution in [-0.4, -0.2) is 0 Å². The van der Waals surface area contributed by atoms with Crippen LogP contribution in [-0.2, 0) is 0 Å². The smallest absolute Gasteiger partial charge is 0.0326 e. The summed E-state index contributed by atoms with van der Waals surface area (Å²) in [7, 11) is 0. The second-order valence-electron chi connectivity index (χ2n) is 6.85. The minimum absolute atomic E-state index is 0.227. The number of rotatable bonds is 3. The van der Waals surface area contributed by atoms with Crippen LogP contribution in [0.3, 0.4) is 0 Å². The number of hydrogen-bond donors (Lipinski definition) is 1. The molecular weight excluding hydrogens is 254 g/mol. The topological polar surface area (TPSA) is 26.0 Å². The average Bonchev–Trinajstić information content (AvgIpc) is 3.18. The molecule has 4 unspecified atom stereocenters. The Labute approximate surface area is 127 Å². The van der Waals surface area contributed by atoms with E-state index in [1.165, 1.54) is 42.4 Å². The van der Waals surface area contributed by atoms with Crippen molar-refractivity contribution in [3.63, 3.8) is 0 Å². The zero-order valence-electron chi connectivity index (χ0n) is 12.4. The van der Waals surface area contributed by atoms with Gasteiger partial charge in [0.2, 0.25) is 0 Å². The van der Waals surface area contributed by atoms with Crippen molar-refractivity contribution in [2.75, 3.05) is 0 Å². The predicted octanol–water partition coefficient (Wildman–Crippen LogP) is 4.79. The maximum absolute atomic E-state index is 6.58. The first-order chi connectivity index (χ1) is 10.3. The molecule has 0 aromatic heterocycles. The van der Waals surface area contributed by atoms with Gasteiger partial charge >= 0.3 is 0 Å². The first kappa shape index (κ1) is 13.1. The third-order valence-electron chi connectivity index (χ3n) is 5.66. The van der Waals surface area contributed by atoms with E-state index in [9.17, 15) is 0 Å². The lowest BCUT2D eigenvalue weighted by atomic mass is 9.81. The zero-order chi connectivity index (χ0) is 14.2. The molecule has 21 heavy (non-hydrogen) atoms. The van der Waals surface area contributed by atoms with Gasteiger partial charge in [-0.1, -0.05) is 61.0 Å². The van der Waals surface area contributed by atoms with Crippen molar-refractivity contribution in [2.45, 2.75) is 31.7 Å². The minimum Gasteiger partial charge on any atom is -0.324 e. The van der Waals surface area contributed by atoms with Crippen molar-refractivity contribution in [3.8, 4) is 11.1 Å². The molecule has 0 heterocycles. The van der Waals surface area contributed by atoms with Gasteiger partial charge < -0.3 is 5.73 Å². The molecule has 0 radical (unpaired) electrons. The van der Waals surface area contributed by atoms with Gasteiger partial charge in [-0.25, -0.2) is 0 Å². The summed E-state index contributed by atoms with van der Waals surface area (Å²) >= 11 is 0. The lowest BCUT2D eigenvalue weighted by Crippen LogP contribution is -2.25. The van der Waals surface area contributed by atoms with Crippen LogP contribution in [0.5, 0.6) is 0 Å². The summed E-state index contributed by atoms with van der Waals surface area (Å²) in [6, 6.07) is 19.7. The Hall–Kier alpha value is -1.60. The number of benzene rings is 2. The van der Waals surface area contributed by atoms with E-state index < -0.39 is 0 Å². The molecule has 2 N–H and O–H groups in total. The Balaban J connectivity index is 1.54. The van der Waals surface area contributed by atoms with Gasteiger partial charge in [-0.3, -0.25) is 0 Å². The fourth-order valence-electron chi connectivity index (χ4n) is 4.51. The number of nitrogens with two attached hydrogens (primary N) is 1. The van der Waals surface area contributed by atoms with Crippen molar-refractivity contribution < 1.29 is 0 Å². The highest BCUT2D eigenvalue weighted by Gasteiger charge is 2.42. The fourth-order valence-corrected chi connectivity index (χ4v) is 4.51. The molecule has 2 bridgehead atoms. The van der Waals surface area contributed by atoms with Gasteiger partial charge in [-0.2, -0.15) is 0 Å². The molecule has 2 fully saturated rings. The summed E-state index contributed by atoms with van der Waals surface area (Å²) < 4.78 is 0. The molecule has 2 aliphatic rings. The Morgan fingerprint density at radius 1 is 0.810 bits per heavy atom. The van der Waals surface area contributed by atoms with Crippen LogP contribution in [0, 0.1) is 17.8 Å². The first-order valence-corrected chi connectivity index (χ1v) is 8.22. The molecule has 1 heteroatoms. The molecule has 0 saturated heterocycles. The lowest BCUT2D eigenvalue weighted by molar-refractivity contribution is 0.284. The first-order valence-electron chi connectivity index (χ1n) is 8.22. The van der Waals surface area contributed by atoms with Gasteiger partial charge in [0.05, 0.1) is 0 Å². The molecule has 0 amide bonds. The third kappa shape index (κ3) is 2.40. The summed E-state index contributed by atoms with van der Waals surface area (Å²) in [6.45, 7) is 0. The lowest BCUT2D eigenvalue weighted by Gasteiger charge is -2.28. The molecular formula is C20H23N. The van der Waals surface area contributed by atoms with E-state index in [-0.39, 0.29) is 6.04 Å². The van der Waals surface area contributed by atoms with Crippen LogP contribution in [0.2, 0.25) is 0 Å². The monoisotopic (exact) mass is 277 g/mol. The quantitative estimate of drug-likeness (QED) is 0.857. The Morgan fingerprint density at radius 3 is 2.14 bits per heavy atom. The third-order valence-corrected chi connectivity index (χ3v) is 5.66. The standard InChI is InChI=1S/C20H23N/c21-20(19-13-14-6-7-18(19)12-14)17-10-8-16(9-11-17)15-4-2-1-3-5-15/h1-5,8-11,14,18-20H,6-7,12-13,21H2. The molecule has 108 valence electrons. The summed E-state index contributed by atoms with van der Waals surface area (Å²) in [4.78, 5) is 0. The molecule has 1 nitrogen and oxygen atoms in total. The van der Waals surface area contributed by atoms with Gasteiger partial charge in [0, 0.05) is 6.04 Å². The Morgan fingerprint density at radius 2 is 1.52 bits per heavy atom. The second kappa shape index (κ2) is 5.31. The molecule has 2 aromatic rings. The summed E-state index contributed by atoms with van der Waals surface area (Å²) in [5.74, 6) is 2.57. The van der Waals surface area contributed by atoms with Crippen LogP contribution < -0.4 is 5.73 Å². The van der Waals surface area contributed by atoms with Crippen LogP contribution in [0.25, 0.3) is 11.1 Å². The summed E-state index contributed by atoms with van der Waals surface area (Å²) in [5.41, 5.74) is 10.4. The van der Waals surface area contributed by atoms with E-state index in [4.69, 9.17) is 5.73 Å². The van der Waals surface area contributed by atoms with Gasteiger partial charge in [-0.05, 0) is 53.7 Å². The molecule has 4 rings (SSSR count). The minimum atomic E-state index is 0.227. The van der Waals surface area contributed by atoms with Gasteiger partial charge in [-0.15, -0.1) is 0 Å². The zero-order valence-corrected chi connectivity index (χ0v) is 12.4. The van der Waals surface area contributed by atoms with Gasteiger partial charge in [0.1, 0.15) is 0 Å². The maximum Gasteiger partial charge on any atom is 0.0326 e. The highest BCUT2D eigenvalue weighted by molar-refractivity contribution is 5.63. The number of fused-ring (bicyclic) bond motifs is 2. The molecule has 2 saturated carbocycles. The Bertz CT molecular complexity index is 601. The number of hydrogen-bond acceptors (Lipinski definition) is 1.